The summed E-state index contributed by atoms with van der Waals surface area (Å²) in [4.78, 5) is 6.14. The van der Waals surface area contributed by atoms with Gasteiger partial charge in [-0.05, 0) is 59.4 Å². The first-order chi connectivity index (χ1) is 7.33. The number of fused-ring (bicyclic) bond motifs is 2. The molecule has 1 nitrogen and oxygen atoms in total. The van der Waals surface area contributed by atoms with Crippen molar-refractivity contribution >= 4 is 45.3 Å². The molecule has 0 saturated carbocycles. The van der Waals surface area contributed by atoms with E-state index in [0.717, 1.165) is 11.9 Å². The highest BCUT2D eigenvalue weighted by Crippen LogP contribution is 2.31. The minimum Gasteiger partial charge on any atom is -0.252 e. The second-order valence-electron chi connectivity index (χ2n) is 3.72. The molecule has 76 valence electrons. The van der Waals surface area contributed by atoms with Crippen molar-refractivity contribution in [2.45, 2.75) is 17.7 Å². The SMILES string of the molecule is Ic1ccc2cc3c(nc2c1)CCCS3. The molecule has 1 aliphatic rings. The van der Waals surface area contributed by atoms with E-state index < -0.39 is 0 Å². The Labute approximate surface area is 107 Å². The van der Waals surface area contributed by atoms with Gasteiger partial charge >= 0.3 is 0 Å². The van der Waals surface area contributed by atoms with E-state index in [9.17, 15) is 0 Å². The highest BCUT2D eigenvalue weighted by Gasteiger charge is 2.12. The predicted octanol–water partition coefficient (Wildman–Crippen LogP) is 3.88. The number of rotatable bonds is 0. The van der Waals surface area contributed by atoms with Crippen molar-refractivity contribution in [3.8, 4) is 0 Å². The molecule has 0 atom stereocenters. The Kier molecular flexibility index (Phi) is 2.60. The van der Waals surface area contributed by atoms with Crippen molar-refractivity contribution in [2.24, 2.45) is 0 Å². The molecule has 0 bridgehead atoms. The summed E-state index contributed by atoms with van der Waals surface area (Å²) in [6.07, 6.45) is 2.41. The van der Waals surface area contributed by atoms with Crippen molar-refractivity contribution in [3.63, 3.8) is 0 Å². The molecule has 3 rings (SSSR count). The molecule has 3 heteroatoms. The van der Waals surface area contributed by atoms with Crippen LogP contribution in [0.25, 0.3) is 10.9 Å². The molecule has 0 N–H and O–H groups in total. The van der Waals surface area contributed by atoms with Crippen LogP contribution >= 0.6 is 34.4 Å². The molecule has 1 aromatic carbocycles. The fraction of sp³-hybridized carbons (Fsp3) is 0.250. The lowest BCUT2D eigenvalue weighted by Gasteiger charge is -2.14. The van der Waals surface area contributed by atoms with Gasteiger partial charge in [0.1, 0.15) is 0 Å². The average molecular weight is 327 g/mol. The van der Waals surface area contributed by atoms with E-state index in [1.807, 2.05) is 11.8 Å². The van der Waals surface area contributed by atoms with Crippen LogP contribution in [0.2, 0.25) is 0 Å². The topological polar surface area (TPSA) is 12.9 Å². The van der Waals surface area contributed by atoms with Crippen molar-refractivity contribution < 1.29 is 0 Å². The zero-order chi connectivity index (χ0) is 10.3. The highest BCUT2D eigenvalue weighted by molar-refractivity contribution is 14.1. The predicted molar refractivity (Wildman–Crippen MR) is 73.5 cm³/mol. The lowest BCUT2D eigenvalue weighted by atomic mass is 10.1. The van der Waals surface area contributed by atoms with Gasteiger partial charge in [-0.1, -0.05) is 6.07 Å². The maximum absolute atomic E-state index is 4.75. The number of thioether (sulfide) groups is 1. The Morgan fingerprint density at radius 2 is 2.20 bits per heavy atom. The van der Waals surface area contributed by atoms with E-state index in [1.54, 1.807) is 0 Å². The summed E-state index contributed by atoms with van der Waals surface area (Å²) < 4.78 is 1.26. The number of halogens is 1. The number of pyridine rings is 1. The number of hydrogen-bond donors (Lipinski definition) is 0. The third-order valence-electron chi connectivity index (χ3n) is 2.63. The van der Waals surface area contributed by atoms with Crippen molar-refractivity contribution in [1.29, 1.82) is 0 Å². The molecule has 15 heavy (non-hydrogen) atoms. The molecule has 2 aromatic rings. The zero-order valence-corrected chi connectivity index (χ0v) is 11.1. The molecule has 2 heterocycles. The van der Waals surface area contributed by atoms with Gasteiger partial charge in [0.15, 0.2) is 0 Å². The van der Waals surface area contributed by atoms with Gasteiger partial charge in [0.25, 0.3) is 0 Å². The van der Waals surface area contributed by atoms with E-state index in [4.69, 9.17) is 4.98 Å². The van der Waals surface area contributed by atoms with Crippen LogP contribution in [0.3, 0.4) is 0 Å². The molecule has 0 fully saturated rings. The Morgan fingerprint density at radius 1 is 1.27 bits per heavy atom. The van der Waals surface area contributed by atoms with Gasteiger partial charge in [0, 0.05) is 13.9 Å². The van der Waals surface area contributed by atoms with Crippen molar-refractivity contribution in [2.75, 3.05) is 5.75 Å². The van der Waals surface area contributed by atoms with Gasteiger partial charge in [-0.2, -0.15) is 0 Å². The number of nitrogens with zero attached hydrogens (tertiary/aromatic N) is 1. The molecule has 0 radical (unpaired) electrons. The van der Waals surface area contributed by atoms with Gasteiger partial charge in [0.05, 0.1) is 11.2 Å². The van der Waals surface area contributed by atoms with Crippen LogP contribution in [0.5, 0.6) is 0 Å². The van der Waals surface area contributed by atoms with Crippen LogP contribution in [0.1, 0.15) is 12.1 Å². The molecular formula is C12H10INS. The van der Waals surface area contributed by atoms with Crippen LogP contribution in [0.4, 0.5) is 0 Å². The molecule has 0 saturated heterocycles. The maximum atomic E-state index is 4.75. The lowest BCUT2D eigenvalue weighted by Crippen LogP contribution is -2.01. The maximum Gasteiger partial charge on any atom is 0.0716 e. The van der Waals surface area contributed by atoms with Crippen LogP contribution < -0.4 is 0 Å². The Bertz CT molecular complexity index is 524. The number of benzene rings is 1. The number of aryl methyl sites for hydroxylation is 1. The molecule has 1 aliphatic heterocycles. The third kappa shape index (κ3) is 1.87. The monoisotopic (exact) mass is 327 g/mol. The summed E-state index contributed by atoms with van der Waals surface area (Å²) in [6.45, 7) is 0. The van der Waals surface area contributed by atoms with E-state index in [-0.39, 0.29) is 0 Å². The zero-order valence-electron chi connectivity index (χ0n) is 8.16. The van der Waals surface area contributed by atoms with Gasteiger partial charge in [0.2, 0.25) is 0 Å². The average Bonchev–Trinajstić information content (AvgIpc) is 2.26. The smallest absolute Gasteiger partial charge is 0.0716 e. The second-order valence-corrected chi connectivity index (χ2v) is 6.10. The van der Waals surface area contributed by atoms with Gasteiger partial charge < -0.3 is 0 Å². The normalized spacial score (nSPS) is 15.3. The molecular weight excluding hydrogens is 317 g/mol. The summed E-state index contributed by atoms with van der Waals surface area (Å²) in [6, 6.07) is 8.76. The summed E-state index contributed by atoms with van der Waals surface area (Å²) >= 11 is 4.28. The van der Waals surface area contributed by atoms with E-state index in [1.165, 1.54) is 31.7 Å². The molecule has 0 amide bonds. The van der Waals surface area contributed by atoms with E-state index in [2.05, 4.69) is 46.9 Å². The largest absolute Gasteiger partial charge is 0.252 e. The molecule has 0 unspecified atom stereocenters. The molecule has 1 aromatic heterocycles. The summed E-state index contributed by atoms with van der Waals surface area (Å²) in [5.41, 5.74) is 2.43. The minimum atomic E-state index is 1.14. The Balaban J connectivity index is 2.26. The van der Waals surface area contributed by atoms with Crippen molar-refractivity contribution in [1.82, 2.24) is 4.98 Å². The van der Waals surface area contributed by atoms with Gasteiger partial charge in [-0.3, -0.25) is 4.98 Å². The quantitative estimate of drug-likeness (QED) is 0.681. The number of hydrogen-bond acceptors (Lipinski definition) is 2. The Morgan fingerprint density at radius 3 is 3.13 bits per heavy atom. The Hall–Kier alpha value is -0.290. The fourth-order valence-electron chi connectivity index (χ4n) is 1.89. The lowest BCUT2D eigenvalue weighted by molar-refractivity contribution is 0.853. The first kappa shape index (κ1) is 9.90. The third-order valence-corrected chi connectivity index (χ3v) is 4.46. The van der Waals surface area contributed by atoms with Crippen LogP contribution in [-0.2, 0) is 6.42 Å². The summed E-state index contributed by atoms with van der Waals surface area (Å²) in [5.74, 6) is 1.24. The van der Waals surface area contributed by atoms with E-state index >= 15 is 0 Å². The number of aromatic nitrogens is 1. The van der Waals surface area contributed by atoms with Crippen LogP contribution in [0.15, 0.2) is 29.2 Å². The first-order valence-corrected chi connectivity index (χ1v) is 7.11. The standard InChI is InChI=1S/C12H10INS/c13-9-4-3-8-6-12-10(2-1-5-15-12)14-11(8)7-9/h3-4,6-7H,1-2,5H2. The second kappa shape index (κ2) is 3.94. The highest BCUT2D eigenvalue weighted by atomic mass is 127. The molecule has 0 spiro atoms. The van der Waals surface area contributed by atoms with Gasteiger partial charge in [-0.15, -0.1) is 11.8 Å². The first-order valence-electron chi connectivity index (χ1n) is 5.05. The van der Waals surface area contributed by atoms with Crippen LogP contribution in [0, 0.1) is 3.57 Å². The van der Waals surface area contributed by atoms with E-state index in [0.29, 0.717) is 0 Å². The van der Waals surface area contributed by atoms with Crippen LogP contribution in [-0.4, -0.2) is 10.7 Å². The van der Waals surface area contributed by atoms with Crippen molar-refractivity contribution in [3.05, 3.63) is 33.5 Å². The fourth-order valence-corrected chi connectivity index (χ4v) is 3.39. The summed E-state index contributed by atoms with van der Waals surface area (Å²) in [7, 11) is 0. The van der Waals surface area contributed by atoms with Gasteiger partial charge in [-0.25, -0.2) is 0 Å². The molecule has 0 aliphatic carbocycles. The minimum absolute atomic E-state index is 1.14. The summed E-state index contributed by atoms with van der Waals surface area (Å²) in [5, 5.41) is 1.27.